The topological polar surface area (TPSA) is 45.2 Å². The Morgan fingerprint density at radius 2 is 2.13 bits per heavy atom. The van der Waals surface area contributed by atoms with E-state index in [0.29, 0.717) is 0 Å². The van der Waals surface area contributed by atoms with E-state index in [1.165, 1.54) is 4.70 Å². The molecule has 1 amide bonds. The molecule has 2 aromatic rings. The summed E-state index contributed by atoms with van der Waals surface area (Å²) >= 11 is 1.76. The Hall–Kier alpha value is -1.46. The Morgan fingerprint density at radius 3 is 2.83 bits per heavy atom. The lowest BCUT2D eigenvalue weighted by Gasteiger charge is -2.31. The first-order valence-corrected chi connectivity index (χ1v) is 9.10. The van der Waals surface area contributed by atoms with Gasteiger partial charge in [-0.05, 0) is 59.2 Å². The summed E-state index contributed by atoms with van der Waals surface area (Å²) in [5, 5.41) is 4.23. The molecule has 0 saturated carbocycles. The van der Waals surface area contributed by atoms with Crippen LogP contribution in [0, 0.1) is 0 Å². The number of aromatic nitrogens is 1. The van der Waals surface area contributed by atoms with Crippen molar-refractivity contribution in [1.82, 2.24) is 15.2 Å². The Morgan fingerprint density at radius 1 is 1.39 bits per heavy atom. The molecule has 1 aliphatic rings. The van der Waals surface area contributed by atoms with E-state index in [2.05, 4.69) is 28.4 Å². The molecular formula is C18H25N3OS. The molecule has 1 saturated heterocycles. The highest BCUT2D eigenvalue weighted by atomic mass is 32.1. The van der Waals surface area contributed by atoms with Crippen LogP contribution >= 0.6 is 11.3 Å². The van der Waals surface area contributed by atoms with Crippen molar-refractivity contribution in [2.24, 2.45) is 0 Å². The Kier molecular flexibility index (Phi) is 4.43. The first kappa shape index (κ1) is 16.4. The number of carbonyl (C=O) groups excluding carboxylic acids is 1. The predicted molar refractivity (Wildman–Crippen MR) is 95.7 cm³/mol. The smallest absolute Gasteiger partial charge is 0.237 e. The first-order valence-electron chi connectivity index (χ1n) is 8.28. The fourth-order valence-corrected chi connectivity index (χ4v) is 4.30. The molecule has 1 fully saturated rings. The molecule has 2 heterocycles. The molecule has 4 nitrogen and oxygen atoms in total. The molecule has 1 aromatic carbocycles. The van der Waals surface area contributed by atoms with E-state index < -0.39 is 0 Å². The highest BCUT2D eigenvalue weighted by Gasteiger charge is 2.35. The van der Waals surface area contributed by atoms with E-state index in [1.807, 2.05) is 33.8 Å². The van der Waals surface area contributed by atoms with Gasteiger partial charge >= 0.3 is 0 Å². The average molecular weight is 331 g/mol. The standard InChI is InChI=1S/C18H25N3OS/c1-12(16(22)20-18(2,3)4)21-11-7-9-14(21)17-19-13-8-5-6-10-15(13)23-17/h5-6,8,10,12,14H,7,9,11H2,1-4H3,(H,20,22). The van der Waals surface area contributed by atoms with Crippen LogP contribution in [0.3, 0.4) is 0 Å². The number of carbonyl (C=O) groups is 1. The lowest BCUT2D eigenvalue weighted by molar-refractivity contribution is -0.127. The number of nitrogens with zero attached hydrogens (tertiary/aromatic N) is 2. The summed E-state index contributed by atoms with van der Waals surface area (Å²) in [5.41, 5.74) is 0.863. The van der Waals surface area contributed by atoms with Gasteiger partial charge in [-0.2, -0.15) is 0 Å². The molecule has 0 bridgehead atoms. The third kappa shape index (κ3) is 3.56. The number of thiazole rings is 1. The summed E-state index contributed by atoms with van der Waals surface area (Å²) in [4.78, 5) is 19.6. The maximum atomic E-state index is 12.5. The second kappa shape index (κ2) is 6.21. The fraction of sp³-hybridized carbons (Fsp3) is 0.556. The van der Waals surface area contributed by atoms with Crippen LogP contribution in [0.1, 0.15) is 51.6 Å². The zero-order chi connectivity index (χ0) is 16.6. The second-order valence-corrected chi connectivity index (χ2v) is 8.39. The Balaban J connectivity index is 1.80. The number of nitrogens with one attached hydrogen (secondary N) is 1. The summed E-state index contributed by atoms with van der Waals surface area (Å²) < 4.78 is 1.22. The van der Waals surface area contributed by atoms with E-state index in [-0.39, 0.29) is 23.5 Å². The number of likely N-dealkylation sites (tertiary alicyclic amines) is 1. The van der Waals surface area contributed by atoms with Crippen molar-refractivity contribution >= 4 is 27.5 Å². The van der Waals surface area contributed by atoms with Gasteiger partial charge in [-0.25, -0.2) is 4.98 Å². The van der Waals surface area contributed by atoms with Gasteiger partial charge in [0, 0.05) is 5.54 Å². The SMILES string of the molecule is CC(C(=O)NC(C)(C)C)N1CCCC1c1nc2ccccc2s1. The zero-order valence-electron chi connectivity index (χ0n) is 14.3. The lowest BCUT2D eigenvalue weighted by Crippen LogP contribution is -2.50. The number of para-hydroxylation sites is 1. The minimum Gasteiger partial charge on any atom is -0.350 e. The normalized spacial score (nSPS) is 20.8. The van der Waals surface area contributed by atoms with E-state index in [0.717, 1.165) is 29.9 Å². The summed E-state index contributed by atoms with van der Waals surface area (Å²) in [6.45, 7) is 9.03. The van der Waals surface area contributed by atoms with Crippen LogP contribution in [0.25, 0.3) is 10.2 Å². The number of hydrogen-bond donors (Lipinski definition) is 1. The number of benzene rings is 1. The molecule has 1 N–H and O–H groups in total. The van der Waals surface area contributed by atoms with Gasteiger partial charge in [-0.1, -0.05) is 12.1 Å². The molecule has 1 aliphatic heterocycles. The van der Waals surface area contributed by atoms with Crippen molar-refractivity contribution < 1.29 is 4.79 Å². The highest BCUT2D eigenvalue weighted by molar-refractivity contribution is 7.18. The van der Waals surface area contributed by atoms with Crippen LogP contribution < -0.4 is 5.32 Å². The molecule has 2 atom stereocenters. The molecule has 0 radical (unpaired) electrons. The highest BCUT2D eigenvalue weighted by Crippen LogP contribution is 2.37. The number of fused-ring (bicyclic) bond motifs is 1. The van der Waals surface area contributed by atoms with Crippen molar-refractivity contribution in [2.45, 2.75) is 58.2 Å². The predicted octanol–water partition coefficient (Wildman–Crippen LogP) is 3.74. The Bertz CT molecular complexity index is 671. The van der Waals surface area contributed by atoms with Gasteiger partial charge in [0.2, 0.25) is 5.91 Å². The van der Waals surface area contributed by atoms with Gasteiger partial charge in [0.15, 0.2) is 0 Å². The molecule has 5 heteroatoms. The van der Waals surface area contributed by atoms with E-state index >= 15 is 0 Å². The van der Waals surface area contributed by atoms with E-state index in [9.17, 15) is 4.79 Å². The third-order valence-electron chi connectivity index (χ3n) is 4.26. The maximum Gasteiger partial charge on any atom is 0.237 e. The van der Waals surface area contributed by atoms with Crippen molar-refractivity contribution in [2.75, 3.05) is 6.54 Å². The molecule has 2 unspecified atom stereocenters. The van der Waals surface area contributed by atoms with Gasteiger partial charge in [0.05, 0.1) is 22.3 Å². The first-order chi connectivity index (χ1) is 10.8. The van der Waals surface area contributed by atoms with E-state index in [4.69, 9.17) is 4.98 Å². The second-order valence-electron chi connectivity index (χ2n) is 7.33. The Labute approximate surface area is 141 Å². The largest absolute Gasteiger partial charge is 0.350 e. The summed E-state index contributed by atoms with van der Waals surface area (Å²) in [6, 6.07) is 8.38. The van der Waals surface area contributed by atoms with Crippen LogP contribution in [0.2, 0.25) is 0 Å². The zero-order valence-corrected chi connectivity index (χ0v) is 15.1. The number of amides is 1. The number of hydrogen-bond acceptors (Lipinski definition) is 4. The monoisotopic (exact) mass is 331 g/mol. The van der Waals surface area contributed by atoms with E-state index in [1.54, 1.807) is 11.3 Å². The van der Waals surface area contributed by atoms with Gasteiger partial charge in [-0.3, -0.25) is 9.69 Å². The molecule has 0 aliphatic carbocycles. The van der Waals surface area contributed by atoms with Crippen molar-refractivity contribution in [1.29, 1.82) is 0 Å². The number of rotatable bonds is 3. The van der Waals surface area contributed by atoms with Crippen LogP contribution in [0.5, 0.6) is 0 Å². The van der Waals surface area contributed by atoms with Crippen LogP contribution in [-0.2, 0) is 4.79 Å². The maximum absolute atomic E-state index is 12.5. The summed E-state index contributed by atoms with van der Waals surface area (Å²) in [6.07, 6.45) is 2.20. The fourth-order valence-electron chi connectivity index (χ4n) is 3.17. The molecule has 124 valence electrons. The molecule has 1 aromatic heterocycles. The van der Waals surface area contributed by atoms with Crippen LogP contribution in [0.15, 0.2) is 24.3 Å². The van der Waals surface area contributed by atoms with Crippen molar-refractivity contribution in [3.05, 3.63) is 29.3 Å². The third-order valence-corrected chi connectivity index (χ3v) is 5.40. The van der Waals surface area contributed by atoms with Gasteiger partial charge in [0.1, 0.15) is 5.01 Å². The van der Waals surface area contributed by atoms with Gasteiger partial charge in [0.25, 0.3) is 0 Å². The molecule has 3 rings (SSSR count). The molecule has 23 heavy (non-hydrogen) atoms. The molecular weight excluding hydrogens is 306 g/mol. The quantitative estimate of drug-likeness (QED) is 0.932. The van der Waals surface area contributed by atoms with Crippen LogP contribution in [-0.4, -0.2) is 33.9 Å². The molecule has 0 spiro atoms. The van der Waals surface area contributed by atoms with Crippen LogP contribution in [0.4, 0.5) is 0 Å². The lowest BCUT2D eigenvalue weighted by atomic mass is 10.1. The van der Waals surface area contributed by atoms with Crippen molar-refractivity contribution in [3.63, 3.8) is 0 Å². The van der Waals surface area contributed by atoms with Gasteiger partial charge in [-0.15, -0.1) is 11.3 Å². The summed E-state index contributed by atoms with van der Waals surface area (Å²) in [5.74, 6) is 0.102. The minimum absolute atomic E-state index is 0.102. The average Bonchev–Trinajstić information content (AvgIpc) is 3.10. The minimum atomic E-state index is -0.198. The van der Waals surface area contributed by atoms with Crippen molar-refractivity contribution in [3.8, 4) is 0 Å². The van der Waals surface area contributed by atoms with Gasteiger partial charge < -0.3 is 5.32 Å². The summed E-state index contributed by atoms with van der Waals surface area (Å²) in [7, 11) is 0.